The van der Waals surface area contributed by atoms with Gasteiger partial charge in [-0.1, -0.05) is 286 Å². The van der Waals surface area contributed by atoms with Gasteiger partial charge in [0.1, 0.15) is 19.3 Å². The number of allylic oxidation sites excluding steroid dienone is 31. The largest absolute Gasteiger partial charge is 0.472 e. The predicted molar refractivity (Wildman–Crippen MR) is 445 cm³/mol. The lowest BCUT2D eigenvalue weighted by Crippen LogP contribution is -2.30. The second-order valence-corrected chi connectivity index (χ2v) is 29.1. The summed E-state index contributed by atoms with van der Waals surface area (Å²) in [5.74, 6) is -2.41. The quantitative estimate of drug-likeness (QED) is 0.0169. The average molecular weight is 1550 g/mol. The normalized spacial score (nSPS) is 14.8. The summed E-state index contributed by atoms with van der Waals surface area (Å²) in [6.45, 7) is 4.30. The van der Waals surface area contributed by atoms with Crippen molar-refractivity contribution in [1.82, 2.24) is 0 Å². The van der Waals surface area contributed by atoms with E-state index < -0.39 is 97.5 Å². The van der Waals surface area contributed by atoms with E-state index in [9.17, 15) is 43.2 Å². The molecule has 3 N–H and O–H groups in total. The van der Waals surface area contributed by atoms with Gasteiger partial charge in [-0.05, 0) is 167 Å². The van der Waals surface area contributed by atoms with Crippen LogP contribution >= 0.6 is 15.6 Å². The number of rotatable bonds is 74. The summed E-state index contributed by atoms with van der Waals surface area (Å²) in [6.07, 6.45) is 97.2. The van der Waals surface area contributed by atoms with Crippen molar-refractivity contribution in [2.75, 3.05) is 39.6 Å². The fourth-order valence-electron chi connectivity index (χ4n) is 9.99. The average Bonchev–Trinajstić information content (AvgIpc) is 0.896. The van der Waals surface area contributed by atoms with Crippen molar-refractivity contribution in [3.05, 3.63) is 194 Å². The van der Waals surface area contributed by atoms with Gasteiger partial charge in [0, 0.05) is 19.3 Å². The molecule has 0 aromatic heterocycles. The molecule has 17 nitrogen and oxygen atoms in total. The topological polar surface area (TPSA) is 237 Å². The third-order valence-electron chi connectivity index (χ3n) is 16.1. The first-order valence-corrected chi connectivity index (χ1v) is 43.7. The van der Waals surface area contributed by atoms with E-state index in [2.05, 4.69) is 198 Å². The van der Waals surface area contributed by atoms with Gasteiger partial charge in [0.2, 0.25) is 0 Å². The second-order valence-electron chi connectivity index (χ2n) is 26.2. The predicted octanol–water partition coefficient (Wildman–Crippen LogP) is 24.1. The fourth-order valence-corrected chi connectivity index (χ4v) is 11.6. The SMILES string of the molecule is CC/C=C\C/C=C\C/C=C\C/C=C\C/C=C\CCCCCC(=O)OCC(COP(=O)(O)OCC(O)COP(=O)(O)OCC(COC(=O)C/C=C\C/C=C\C/C=C\C/C=C\C/C=C\CC)OC(=O)CCCCCCC/C=C\C/C=C\CCCCC)OC(=O)CCCCCCCC/C=C\C/C=C\C/C=C\C/C=C\CC. The number of ether oxygens (including phenoxy) is 4. The van der Waals surface area contributed by atoms with Gasteiger partial charge in [-0.2, -0.15) is 0 Å². The van der Waals surface area contributed by atoms with Crippen LogP contribution in [0.15, 0.2) is 194 Å². The number of phosphoric ester groups is 2. The molecule has 0 aliphatic rings. The first-order valence-electron chi connectivity index (χ1n) is 40.7. The maximum atomic E-state index is 13.1. The number of hydrogen-bond donors (Lipinski definition) is 3. The summed E-state index contributed by atoms with van der Waals surface area (Å²) >= 11 is 0. The van der Waals surface area contributed by atoms with Crippen molar-refractivity contribution in [2.45, 2.75) is 303 Å². The van der Waals surface area contributed by atoms with Crippen molar-refractivity contribution in [3.8, 4) is 0 Å². The lowest BCUT2D eigenvalue weighted by atomic mass is 10.1. The Morgan fingerprint density at radius 3 is 0.833 bits per heavy atom. The van der Waals surface area contributed by atoms with Crippen LogP contribution in [-0.2, 0) is 65.4 Å². The first-order chi connectivity index (χ1) is 52.7. The smallest absolute Gasteiger partial charge is 0.462 e. The van der Waals surface area contributed by atoms with E-state index in [1.165, 1.54) is 19.3 Å². The van der Waals surface area contributed by atoms with Crippen LogP contribution in [0.1, 0.15) is 285 Å². The van der Waals surface area contributed by atoms with Gasteiger partial charge in [-0.25, -0.2) is 9.13 Å². The molecule has 610 valence electrons. The highest BCUT2D eigenvalue weighted by molar-refractivity contribution is 7.47. The monoisotopic (exact) mass is 1540 g/mol. The minimum Gasteiger partial charge on any atom is -0.462 e. The number of aliphatic hydroxyl groups excluding tert-OH is 1. The summed E-state index contributed by atoms with van der Waals surface area (Å²) in [6, 6.07) is 0. The summed E-state index contributed by atoms with van der Waals surface area (Å²) in [7, 11) is -10.0. The van der Waals surface area contributed by atoms with E-state index in [0.29, 0.717) is 25.7 Å². The highest BCUT2D eigenvalue weighted by Gasteiger charge is 2.30. The molecule has 0 radical (unpaired) electrons. The Morgan fingerprint density at radius 2 is 0.519 bits per heavy atom. The van der Waals surface area contributed by atoms with Gasteiger partial charge >= 0.3 is 39.5 Å². The van der Waals surface area contributed by atoms with Crippen molar-refractivity contribution in [3.63, 3.8) is 0 Å². The molecule has 0 aromatic carbocycles. The van der Waals surface area contributed by atoms with Crippen LogP contribution in [0.25, 0.3) is 0 Å². The molecule has 0 spiro atoms. The van der Waals surface area contributed by atoms with Crippen LogP contribution in [0.4, 0.5) is 0 Å². The molecule has 0 aliphatic carbocycles. The van der Waals surface area contributed by atoms with Gasteiger partial charge in [-0.15, -0.1) is 0 Å². The molecule has 0 bridgehead atoms. The van der Waals surface area contributed by atoms with Crippen molar-refractivity contribution >= 4 is 39.5 Å². The molecule has 0 aliphatic heterocycles. The van der Waals surface area contributed by atoms with Crippen LogP contribution in [-0.4, -0.2) is 96.7 Å². The molecule has 0 rings (SSSR count). The van der Waals surface area contributed by atoms with Crippen LogP contribution in [0.5, 0.6) is 0 Å². The molecule has 5 unspecified atom stereocenters. The Labute approximate surface area is 653 Å². The van der Waals surface area contributed by atoms with Gasteiger partial charge in [0.25, 0.3) is 0 Å². The number of phosphoric acid groups is 2. The lowest BCUT2D eigenvalue weighted by molar-refractivity contribution is -0.161. The Hall–Kier alpha value is -6.10. The zero-order chi connectivity index (χ0) is 78.9. The number of hydrogen-bond acceptors (Lipinski definition) is 15. The van der Waals surface area contributed by atoms with Crippen molar-refractivity contribution < 1.29 is 80.2 Å². The first kappa shape index (κ1) is 102. The maximum Gasteiger partial charge on any atom is 0.472 e. The van der Waals surface area contributed by atoms with Crippen LogP contribution in [0, 0.1) is 0 Å². The van der Waals surface area contributed by atoms with E-state index in [1.54, 1.807) is 6.08 Å². The minimum atomic E-state index is -5.01. The van der Waals surface area contributed by atoms with Gasteiger partial charge < -0.3 is 33.8 Å². The second kappa shape index (κ2) is 79.0. The number of aliphatic hydroxyl groups is 1. The van der Waals surface area contributed by atoms with Crippen molar-refractivity contribution in [1.29, 1.82) is 0 Å². The fraction of sp³-hybridized carbons (Fsp3) is 0.596. The summed E-state index contributed by atoms with van der Waals surface area (Å²) in [5.41, 5.74) is 0. The summed E-state index contributed by atoms with van der Waals surface area (Å²) in [4.78, 5) is 73.1. The third-order valence-corrected chi connectivity index (χ3v) is 18.0. The van der Waals surface area contributed by atoms with Crippen LogP contribution in [0.3, 0.4) is 0 Å². The molecule has 0 saturated carbocycles. The molecule has 19 heteroatoms. The molecule has 5 atom stereocenters. The Bertz CT molecular complexity index is 2810. The zero-order valence-corrected chi connectivity index (χ0v) is 68.5. The minimum absolute atomic E-state index is 0.0516. The van der Waals surface area contributed by atoms with E-state index >= 15 is 0 Å². The maximum absolute atomic E-state index is 13.1. The lowest BCUT2D eigenvalue weighted by Gasteiger charge is -2.21. The van der Waals surface area contributed by atoms with E-state index in [-0.39, 0.29) is 25.7 Å². The Balaban J connectivity index is 5.52. The molecule has 108 heavy (non-hydrogen) atoms. The van der Waals surface area contributed by atoms with Crippen LogP contribution < -0.4 is 0 Å². The standard InChI is InChI=1S/C89H142O17P2/c1-5-9-13-17-21-25-29-33-37-39-41-43-47-50-54-58-62-66-70-74-87(92)100-80-85(106-89(94)76-72-68-64-60-56-52-48-44-42-40-38-34-30-26-22-18-14-10-6-2)82-104-108(97,98)102-78-83(90)77-101-107(95,96)103-81-84(105-88(93)75-71-67-63-59-55-51-46-36-32-28-24-20-16-12-8-4)79-99-86(91)73-69-65-61-57-53-49-45-35-31-27-23-19-15-11-7-3/h9-11,13-15,21-28,33-38,41-46,50,53-54,57,65,69,83-85,90H,5-8,12,16-20,29-32,39-40,47-49,51-52,55-56,58-64,66-68,70-82H2,1-4H3,(H,95,96)(H,97,98)/b13-9-,14-10-,15-11-,25-21-,26-22-,27-23-,28-24-,37-33-,38-34-,43-41-,44-42-,45-35-,46-36-,54-50-,57-53-,69-65-. The van der Waals surface area contributed by atoms with E-state index in [0.717, 1.165) is 186 Å². The summed E-state index contributed by atoms with van der Waals surface area (Å²) < 4.78 is 68.5. The number of carbonyl (C=O) groups is 4. The van der Waals surface area contributed by atoms with Crippen molar-refractivity contribution in [2.24, 2.45) is 0 Å². The highest BCUT2D eigenvalue weighted by atomic mass is 31.2. The van der Waals surface area contributed by atoms with E-state index in [1.807, 2.05) is 18.2 Å². The molecule has 0 fully saturated rings. The molecule has 0 heterocycles. The third kappa shape index (κ3) is 78.0. The number of esters is 4. The molecule has 0 aromatic rings. The van der Waals surface area contributed by atoms with Gasteiger partial charge in [0.15, 0.2) is 12.2 Å². The highest BCUT2D eigenvalue weighted by Crippen LogP contribution is 2.45. The Morgan fingerprint density at radius 1 is 0.278 bits per heavy atom. The molecule has 0 amide bonds. The Kier molecular flexibility index (Phi) is 74.5. The zero-order valence-electron chi connectivity index (χ0n) is 66.7. The van der Waals surface area contributed by atoms with Crippen LogP contribution in [0.2, 0.25) is 0 Å². The van der Waals surface area contributed by atoms with E-state index in [4.69, 9.17) is 37.0 Å². The van der Waals surface area contributed by atoms with Gasteiger partial charge in [0.05, 0.1) is 32.8 Å². The number of carbonyl (C=O) groups excluding carboxylic acids is 4. The molecule has 0 saturated heterocycles. The number of unbranched alkanes of at least 4 members (excludes halogenated alkanes) is 17. The summed E-state index contributed by atoms with van der Waals surface area (Å²) in [5, 5.41) is 10.7. The van der Waals surface area contributed by atoms with Gasteiger partial charge in [-0.3, -0.25) is 37.3 Å². The molecular formula is C89H142O17P2. The molecular weight excluding hydrogens is 1400 g/mol.